The normalized spacial score (nSPS) is 12.9. The monoisotopic (exact) mass is 221 g/mol. The minimum atomic E-state index is -3.16. The van der Waals surface area contributed by atoms with E-state index in [0.717, 1.165) is 0 Å². The fourth-order valence-electron chi connectivity index (χ4n) is 0.692. The van der Waals surface area contributed by atoms with Gasteiger partial charge in [-0.3, -0.25) is 0 Å². The van der Waals surface area contributed by atoms with E-state index in [0.29, 0.717) is 6.42 Å². The molecule has 2 N–H and O–H groups in total. The van der Waals surface area contributed by atoms with Gasteiger partial charge in [-0.25, -0.2) is 17.9 Å². The summed E-state index contributed by atoms with van der Waals surface area (Å²) >= 11 is 0. The van der Waals surface area contributed by atoms with Gasteiger partial charge in [-0.2, -0.15) is 0 Å². The van der Waals surface area contributed by atoms with Gasteiger partial charge in [0.2, 0.25) is 10.0 Å². The summed E-state index contributed by atoms with van der Waals surface area (Å²) in [6.45, 7) is 3.25. The Morgan fingerprint density at radius 1 is 1.50 bits per heavy atom. The lowest BCUT2D eigenvalue weighted by Crippen LogP contribution is -2.25. The van der Waals surface area contributed by atoms with Crippen molar-refractivity contribution in [3.8, 4) is 0 Å². The number of nitrogens with one attached hydrogen (secondary N) is 1. The number of carboxylic acids is 1. The van der Waals surface area contributed by atoms with Gasteiger partial charge < -0.3 is 5.11 Å². The number of aliphatic carboxylic acids is 1. The zero-order valence-corrected chi connectivity index (χ0v) is 9.10. The van der Waals surface area contributed by atoms with Crippen LogP contribution < -0.4 is 4.72 Å². The highest BCUT2D eigenvalue weighted by molar-refractivity contribution is 7.89. The summed E-state index contributed by atoms with van der Waals surface area (Å²) < 4.78 is 24.2. The fourth-order valence-corrected chi connectivity index (χ4v) is 1.33. The number of hydrogen-bond donors (Lipinski definition) is 2. The molecule has 0 saturated heterocycles. The second-order valence-corrected chi connectivity index (χ2v) is 4.87. The highest BCUT2D eigenvalue weighted by Gasteiger charge is 2.04. The molecule has 0 heterocycles. The molecule has 0 aliphatic rings. The van der Waals surface area contributed by atoms with E-state index in [4.69, 9.17) is 5.11 Å². The molecule has 0 aliphatic carbocycles. The van der Waals surface area contributed by atoms with Gasteiger partial charge in [-0.15, -0.1) is 0 Å². The number of hydrogen-bond acceptors (Lipinski definition) is 3. The standard InChI is InChI=1S/C8H15NO4S/c1-3-14(12,13)9-6-4-5-7(2)8(10)11/h5,9H,3-4,6H2,1-2H3,(H,10,11)/b7-5+. The SMILES string of the molecule is CCS(=O)(=O)NCC/C=C(\C)C(=O)O. The van der Waals surface area contributed by atoms with Gasteiger partial charge in [0, 0.05) is 12.1 Å². The Hall–Kier alpha value is -0.880. The van der Waals surface area contributed by atoms with Crippen LogP contribution in [0.2, 0.25) is 0 Å². The molecule has 0 rings (SSSR count). The third-order valence-corrected chi connectivity index (χ3v) is 3.04. The quantitative estimate of drug-likeness (QED) is 0.500. The summed E-state index contributed by atoms with van der Waals surface area (Å²) in [7, 11) is -3.16. The first kappa shape index (κ1) is 13.1. The summed E-state index contributed by atoms with van der Waals surface area (Å²) in [6, 6.07) is 0. The first-order valence-corrected chi connectivity index (χ1v) is 5.91. The molecule has 14 heavy (non-hydrogen) atoms. The summed E-state index contributed by atoms with van der Waals surface area (Å²) in [5.74, 6) is -0.947. The second-order valence-electron chi connectivity index (χ2n) is 2.78. The molecule has 0 aliphatic heterocycles. The first-order chi connectivity index (χ1) is 6.39. The maximum absolute atomic E-state index is 10.9. The van der Waals surface area contributed by atoms with E-state index in [2.05, 4.69) is 4.72 Å². The van der Waals surface area contributed by atoms with Crippen molar-refractivity contribution >= 4 is 16.0 Å². The van der Waals surface area contributed by atoms with E-state index in [1.807, 2.05) is 0 Å². The van der Waals surface area contributed by atoms with Crippen LogP contribution in [0.15, 0.2) is 11.6 Å². The van der Waals surface area contributed by atoms with E-state index in [-0.39, 0.29) is 17.9 Å². The Morgan fingerprint density at radius 2 is 2.07 bits per heavy atom. The molecule has 0 atom stereocenters. The minimum Gasteiger partial charge on any atom is -0.478 e. The molecule has 0 radical (unpaired) electrons. The van der Waals surface area contributed by atoms with Gasteiger partial charge in [-0.1, -0.05) is 6.08 Å². The molecule has 0 saturated carbocycles. The van der Waals surface area contributed by atoms with E-state index in [1.165, 1.54) is 13.0 Å². The summed E-state index contributed by atoms with van der Waals surface area (Å²) in [5.41, 5.74) is 0.223. The third-order valence-electron chi connectivity index (χ3n) is 1.63. The average molecular weight is 221 g/mol. The molecule has 0 aromatic heterocycles. The zero-order valence-electron chi connectivity index (χ0n) is 8.28. The van der Waals surface area contributed by atoms with Gasteiger partial charge in [0.05, 0.1) is 5.75 Å². The predicted octanol–water partition coefficient (Wildman–Crippen LogP) is 0.347. The topological polar surface area (TPSA) is 83.5 Å². The molecule has 6 heteroatoms. The molecule has 0 amide bonds. The lowest BCUT2D eigenvalue weighted by atomic mass is 10.2. The maximum atomic E-state index is 10.9. The van der Waals surface area contributed by atoms with Crippen LogP contribution in [0.1, 0.15) is 20.3 Å². The Morgan fingerprint density at radius 3 is 2.50 bits per heavy atom. The Kier molecular flexibility index (Phi) is 5.40. The highest BCUT2D eigenvalue weighted by atomic mass is 32.2. The number of carboxylic acid groups (broad SMARTS) is 1. The van der Waals surface area contributed by atoms with Crippen LogP contribution in [0.25, 0.3) is 0 Å². The van der Waals surface area contributed by atoms with Crippen molar-refractivity contribution in [1.82, 2.24) is 4.72 Å². The van der Waals surface area contributed by atoms with Crippen molar-refractivity contribution in [2.24, 2.45) is 0 Å². The van der Waals surface area contributed by atoms with Crippen LogP contribution in [-0.2, 0) is 14.8 Å². The smallest absolute Gasteiger partial charge is 0.330 e. The molecule has 0 bridgehead atoms. The average Bonchev–Trinajstić information content (AvgIpc) is 2.12. The van der Waals surface area contributed by atoms with Crippen LogP contribution in [0.4, 0.5) is 0 Å². The Balaban J connectivity index is 3.88. The molecular formula is C8H15NO4S. The van der Waals surface area contributed by atoms with E-state index in [9.17, 15) is 13.2 Å². The van der Waals surface area contributed by atoms with Crippen molar-refractivity contribution in [1.29, 1.82) is 0 Å². The summed E-state index contributed by atoms with van der Waals surface area (Å²) in [5, 5.41) is 8.48. The highest BCUT2D eigenvalue weighted by Crippen LogP contribution is 1.94. The lowest BCUT2D eigenvalue weighted by molar-refractivity contribution is -0.132. The lowest BCUT2D eigenvalue weighted by Gasteiger charge is -2.01. The van der Waals surface area contributed by atoms with Gasteiger partial charge in [0.15, 0.2) is 0 Å². The van der Waals surface area contributed by atoms with Crippen LogP contribution in [0.3, 0.4) is 0 Å². The van der Waals surface area contributed by atoms with Crippen molar-refractivity contribution in [3.63, 3.8) is 0 Å². The number of carbonyl (C=O) groups is 1. The largest absolute Gasteiger partial charge is 0.478 e. The van der Waals surface area contributed by atoms with E-state index in [1.54, 1.807) is 6.92 Å². The van der Waals surface area contributed by atoms with Crippen molar-refractivity contribution in [3.05, 3.63) is 11.6 Å². The van der Waals surface area contributed by atoms with Crippen LogP contribution in [0, 0.1) is 0 Å². The van der Waals surface area contributed by atoms with E-state index >= 15 is 0 Å². The zero-order chi connectivity index (χ0) is 11.2. The van der Waals surface area contributed by atoms with Gasteiger partial charge in [0.1, 0.15) is 0 Å². The fraction of sp³-hybridized carbons (Fsp3) is 0.625. The van der Waals surface area contributed by atoms with Crippen molar-refractivity contribution in [2.45, 2.75) is 20.3 Å². The maximum Gasteiger partial charge on any atom is 0.330 e. The minimum absolute atomic E-state index is 0.0363. The van der Waals surface area contributed by atoms with Crippen molar-refractivity contribution < 1.29 is 18.3 Å². The Bertz CT molecular complexity index is 318. The molecule has 5 nitrogen and oxygen atoms in total. The summed E-state index contributed by atoms with van der Waals surface area (Å²) in [4.78, 5) is 10.3. The molecule has 0 spiro atoms. The number of sulfonamides is 1. The number of rotatable bonds is 6. The molecule has 0 aromatic rings. The summed E-state index contributed by atoms with van der Waals surface area (Å²) in [6.07, 6.45) is 1.87. The first-order valence-electron chi connectivity index (χ1n) is 4.26. The molecule has 0 unspecified atom stereocenters. The van der Waals surface area contributed by atoms with Crippen LogP contribution in [-0.4, -0.2) is 31.8 Å². The molecular weight excluding hydrogens is 206 g/mol. The van der Waals surface area contributed by atoms with Crippen LogP contribution >= 0.6 is 0 Å². The molecule has 0 fully saturated rings. The second kappa shape index (κ2) is 5.77. The Labute approximate surface area is 83.9 Å². The van der Waals surface area contributed by atoms with Gasteiger partial charge >= 0.3 is 5.97 Å². The predicted molar refractivity (Wildman–Crippen MR) is 53.5 cm³/mol. The van der Waals surface area contributed by atoms with Crippen LogP contribution in [0.5, 0.6) is 0 Å². The third kappa shape index (κ3) is 5.71. The van der Waals surface area contributed by atoms with Crippen molar-refractivity contribution in [2.75, 3.05) is 12.3 Å². The van der Waals surface area contributed by atoms with E-state index < -0.39 is 16.0 Å². The molecule has 82 valence electrons. The molecule has 0 aromatic carbocycles. The van der Waals surface area contributed by atoms with Gasteiger partial charge in [0.25, 0.3) is 0 Å². The van der Waals surface area contributed by atoms with Gasteiger partial charge in [-0.05, 0) is 20.3 Å².